The molecule has 0 amide bonds. The van der Waals surface area contributed by atoms with E-state index in [1.54, 1.807) is 26.8 Å². The lowest BCUT2D eigenvalue weighted by atomic mass is 10.1. The highest BCUT2D eigenvalue weighted by atomic mass is 32.2. The number of hydrogen-bond donors (Lipinski definition) is 0. The largest absolute Gasteiger partial charge is 0.454 e. The minimum absolute atomic E-state index is 0.0128. The van der Waals surface area contributed by atoms with Gasteiger partial charge in [-0.05, 0) is 44.5 Å². The lowest BCUT2D eigenvalue weighted by Crippen LogP contribution is -2.33. The van der Waals surface area contributed by atoms with Crippen LogP contribution in [0, 0.1) is 10.1 Å². The van der Waals surface area contributed by atoms with Crippen LogP contribution in [0.3, 0.4) is 0 Å². The molecule has 2 aromatic rings. The second-order valence-electron chi connectivity index (χ2n) is 6.54. The highest BCUT2D eigenvalue weighted by molar-refractivity contribution is 7.89. The van der Waals surface area contributed by atoms with Crippen LogP contribution >= 0.6 is 0 Å². The van der Waals surface area contributed by atoms with E-state index in [2.05, 4.69) is 0 Å². The van der Waals surface area contributed by atoms with Crippen molar-refractivity contribution in [1.29, 1.82) is 0 Å². The van der Waals surface area contributed by atoms with Crippen LogP contribution < -0.4 is 0 Å². The average molecular weight is 406 g/mol. The van der Waals surface area contributed by atoms with Gasteiger partial charge in [-0.15, -0.1) is 0 Å². The Labute approximate surface area is 163 Å². The number of esters is 1. The zero-order valence-corrected chi connectivity index (χ0v) is 16.8. The summed E-state index contributed by atoms with van der Waals surface area (Å²) in [6, 6.07) is 11.2. The summed E-state index contributed by atoms with van der Waals surface area (Å²) in [5.41, 5.74) is 0.437. The first-order chi connectivity index (χ1) is 13.0. The number of ether oxygens (including phenoxy) is 1. The van der Waals surface area contributed by atoms with E-state index in [9.17, 15) is 23.3 Å². The van der Waals surface area contributed by atoms with Gasteiger partial charge in [-0.25, -0.2) is 13.2 Å². The molecule has 0 heterocycles. The van der Waals surface area contributed by atoms with Crippen molar-refractivity contribution in [3.05, 3.63) is 69.8 Å². The van der Waals surface area contributed by atoms with Gasteiger partial charge in [0.15, 0.2) is 0 Å². The summed E-state index contributed by atoms with van der Waals surface area (Å²) < 4.78 is 31.8. The normalized spacial score (nSPS) is 12.8. The van der Waals surface area contributed by atoms with Crippen molar-refractivity contribution in [2.24, 2.45) is 0 Å². The van der Waals surface area contributed by atoms with Gasteiger partial charge in [0.1, 0.15) is 6.10 Å². The number of carbonyl (C=O) groups is 1. The van der Waals surface area contributed by atoms with Crippen molar-refractivity contribution in [3.63, 3.8) is 0 Å². The summed E-state index contributed by atoms with van der Waals surface area (Å²) in [4.78, 5) is 22.8. The molecule has 0 aliphatic rings. The van der Waals surface area contributed by atoms with E-state index in [4.69, 9.17) is 4.74 Å². The van der Waals surface area contributed by atoms with Crippen molar-refractivity contribution < 1.29 is 22.9 Å². The molecule has 8 nitrogen and oxygen atoms in total. The van der Waals surface area contributed by atoms with E-state index in [0.717, 1.165) is 0 Å². The Bertz CT molecular complexity index is 987. The molecule has 28 heavy (non-hydrogen) atoms. The summed E-state index contributed by atoms with van der Waals surface area (Å²) in [5.74, 6) is -0.719. The van der Waals surface area contributed by atoms with Crippen molar-refractivity contribution in [1.82, 2.24) is 4.31 Å². The maximum absolute atomic E-state index is 12.6. The summed E-state index contributed by atoms with van der Waals surface area (Å²) in [7, 11) is -2.27. The van der Waals surface area contributed by atoms with Crippen LogP contribution in [-0.2, 0) is 14.8 Å². The van der Waals surface area contributed by atoms with Crippen LogP contribution in [0.4, 0.5) is 5.69 Å². The molecule has 0 saturated heterocycles. The van der Waals surface area contributed by atoms with Crippen molar-refractivity contribution >= 4 is 21.7 Å². The second kappa shape index (κ2) is 8.49. The van der Waals surface area contributed by atoms with E-state index >= 15 is 0 Å². The van der Waals surface area contributed by atoms with Crippen LogP contribution in [-0.4, -0.2) is 36.7 Å². The number of nitro benzene ring substituents is 1. The van der Waals surface area contributed by atoms with Gasteiger partial charge in [-0.2, -0.15) is 4.31 Å². The molecule has 0 bridgehead atoms. The Morgan fingerprint density at radius 2 is 1.75 bits per heavy atom. The van der Waals surface area contributed by atoms with E-state index in [0.29, 0.717) is 5.56 Å². The molecule has 0 aliphatic heterocycles. The number of non-ortho nitro benzene ring substituents is 1. The number of nitro groups is 1. The Morgan fingerprint density at radius 1 is 1.11 bits per heavy atom. The zero-order chi connectivity index (χ0) is 21.1. The molecule has 2 rings (SSSR count). The minimum Gasteiger partial charge on any atom is -0.454 e. The van der Waals surface area contributed by atoms with E-state index in [1.807, 2.05) is 0 Å². The predicted octanol–water partition coefficient (Wildman–Crippen LogP) is 3.54. The van der Waals surface area contributed by atoms with Crippen LogP contribution in [0.2, 0.25) is 0 Å². The first kappa shape index (κ1) is 21.5. The van der Waals surface area contributed by atoms with Gasteiger partial charge in [-0.3, -0.25) is 10.1 Å². The van der Waals surface area contributed by atoms with Crippen molar-refractivity contribution in [2.45, 2.75) is 37.8 Å². The Balaban J connectivity index is 2.24. The number of carbonyl (C=O) groups excluding carboxylic acids is 1. The van der Waals surface area contributed by atoms with Gasteiger partial charge in [0.2, 0.25) is 10.0 Å². The smallest absolute Gasteiger partial charge is 0.338 e. The highest BCUT2D eigenvalue weighted by Gasteiger charge is 2.24. The van der Waals surface area contributed by atoms with Crippen LogP contribution in [0.25, 0.3) is 0 Å². The molecule has 0 N–H and O–H groups in total. The van der Waals surface area contributed by atoms with Crippen LogP contribution in [0.15, 0.2) is 53.4 Å². The molecule has 1 atom stereocenters. The summed E-state index contributed by atoms with van der Waals surface area (Å²) in [6.07, 6.45) is -0.744. The van der Waals surface area contributed by atoms with Crippen molar-refractivity contribution in [3.8, 4) is 0 Å². The molecule has 0 spiro atoms. The fraction of sp³-hybridized carbons (Fsp3) is 0.316. The fourth-order valence-corrected chi connectivity index (χ4v) is 3.83. The lowest BCUT2D eigenvalue weighted by Gasteiger charge is -2.21. The molecule has 0 aromatic heterocycles. The van der Waals surface area contributed by atoms with Gasteiger partial charge in [0.05, 0.1) is 15.4 Å². The van der Waals surface area contributed by atoms with Crippen molar-refractivity contribution in [2.75, 3.05) is 7.05 Å². The SMILES string of the molecule is CC(C)N(C)S(=O)(=O)c1cccc(C(=O)O[C@@H](C)c2cccc([N+](=O)[O-])c2)c1. The maximum Gasteiger partial charge on any atom is 0.338 e. The summed E-state index contributed by atoms with van der Waals surface area (Å²) in [5, 5.41) is 10.9. The van der Waals surface area contributed by atoms with Gasteiger partial charge in [-0.1, -0.05) is 18.2 Å². The molecule has 2 aromatic carbocycles. The first-order valence-electron chi connectivity index (χ1n) is 8.57. The minimum atomic E-state index is -3.74. The number of hydrogen-bond acceptors (Lipinski definition) is 6. The predicted molar refractivity (Wildman–Crippen MR) is 103 cm³/mol. The lowest BCUT2D eigenvalue weighted by molar-refractivity contribution is -0.385. The number of sulfonamides is 1. The Morgan fingerprint density at radius 3 is 2.36 bits per heavy atom. The number of rotatable bonds is 7. The van der Waals surface area contributed by atoms with Gasteiger partial charge in [0, 0.05) is 25.2 Å². The second-order valence-corrected chi connectivity index (χ2v) is 8.54. The molecule has 0 fully saturated rings. The topological polar surface area (TPSA) is 107 Å². The van der Waals surface area contributed by atoms with Gasteiger partial charge < -0.3 is 4.74 Å². The maximum atomic E-state index is 12.6. The monoisotopic (exact) mass is 406 g/mol. The standard InChI is InChI=1S/C19H22N2O6S/c1-13(2)20(4)28(25,26)18-10-6-8-16(12-18)19(22)27-14(3)15-7-5-9-17(11-15)21(23)24/h5-14H,1-4H3/t14-/m0/s1. The summed E-state index contributed by atoms with van der Waals surface area (Å²) >= 11 is 0. The highest BCUT2D eigenvalue weighted by Crippen LogP contribution is 2.24. The molecule has 0 saturated carbocycles. The molecule has 0 aliphatic carbocycles. The quantitative estimate of drug-likeness (QED) is 0.395. The third-order valence-corrected chi connectivity index (χ3v) is 6.34. The molecular weight excluding hydrogens is 384 g/mol. The van der Waals surface area contributed by atoms with E-state index in [1.165, 1.54) is 53.8 Å². The van der Waals surface area contributed by atoms with E-state index < -0.39 is 27.0 Å². The van der Waals surface area contributed by atoms with Crippen LogP contribution in [0.1, 0.15) is 42.8 Å². The van der Waals surface area contributed by atoms with Gasteiger partial charge >= 0.3 is 5.97 Å². The molecule has 150 valence electrons. The molecular formula is C19H22N2O6S. The molecule has 0 unspecified atom stereocenters. The average Bonchev–Trinajstić information content (AvgIpc) is 2.67. The van der Waals surface area contributed by atoms with Crippen LogP contribution in [0.5, 0.6) is 0 Å². The first-order valence-corrected chi connectivity index (χ1v) is 10.0. The Kier molecular flexibility index (Phi) is 6.52. The number of nitrogens with zero attached hydrogens (tertiary/aromatic N) is 2. The third-order valence-electron chi connectivity index (χ3n) is 4.31. The Hall–Kier alpha value is -2.78. The van der Waals surface area contributed by atoms with Gasteiger partial charge in [0.25, 0.3) is 5.69 Å². The molecule has 0 radical (unpaired) electrons. The fourth-order valence-electron chi connectivity index (χ4n) is 2.42. The number of benzene rings is 2. The van der Waals surface area contributed by atoms with E-state index in [-0.39, 0.29) is 22.2 Å². The zero-order valence-electron chi connectivity index (χ0n) is 16.0. The molecule has 9 heteroatoms. The summed E-state index contributed by atoms with van der Waals surface area (Å²) in [6.45, 7) is 5.08. The third kappa shape index (κ3) is 4.73.